The molecule has 7 heteroatoms. The first-order valence-corrected chi connectivity index (χ1v) is 8.97. The molecule has 0 fully saturated rings. The monoisotopic (exact) mass is 369 g/mol. The number of methoxy groups -OCH3 is 1. The second kappa shape index (κ2) is 8.05. The van der Waals surface area contributed by atoms with Crippen molar-refractivity contribution in [1.29, 1.82) is 0 Å². The molecule has 0 radical (unpaired) electrons. The average molecular weight is 369 g/mol. The number of carbonyl (C=O) groups is 2. The van der Waals surface area contributed by atoms with E-state index in [0.717, 1.165) is 27.9 Å². The molecule has 0 bridgehead atoms. The lowest BCUT2D eigenvalue weighted by Crippen LogP contribution is -2.31. The summed E-state index contributed by atoms with van der Waals surface area (Å²) in [7, 11) is 1.58. The Hall–Kier alpha value is -2.80. The van der Waals surface area contributed by atoms with Gasteiger partial charge in [-0.25, -0.2) is 5.43 Å². The van der Waals surface area contributed by atoms with E-state index in [1.807, 2.05) is 55.5 Å². The molecule has 6 nitrogen and oxygen atoms in total. The minimum absolute atomic E-state index is 0.0605. The number of anilines is 1. The van der Waals surface area contributed by atoms with E-state index in [1.54, 1.807) is 7.11 Å². The second-order valence-electron chi connectivity index (χ2n) is 5.88. The summed E-state index contributed by atoms with van der Waals surface area (Å²) >= 11 is 1.08. The Morgan fingerprint density at radius 1 is 1.23 bits per heavy atom. The highest BCUT2D eigenvalue weighted by atomic mass is 32.2. The number of thioether (sulfide) groups is 1. The zero-order valence-electron chi connectivity index (χ0n) is 14.5. The van der Waals surface area contributed by atoms with Crippen LogP contribution in [-0.4, -0.2) is 24.0 Å². The standard InChI is InChI=1S/C19H19N3O3S/c1-12-11-17(23)21-22-18(12)13-7-9-14(10-8-13)20-19(24)26-16-6-4-3-5-15(16)25-2/h3-10,12H,11H2,1-2H3,(H,20,24)(H,21,23). The number of nitrogens with one attached hydrogen (secondary N) is 2. The number of rotatable bonds is 4. The molecule has 134 valence electrons. The number of para-hydroxylation sites is 1. The van der Waals surface area contributed by atoms with Crippen LogP contribution in [0.2, 0.25) is 0 Å². The van der Waals surface area contributed by atoms with Crippen LogP contribution in [0.15, 0.2) is 58.5 Å². The van der Waals surface area contributed by atoms with Crippen molar-refractivity contribution in [2.75, 3.05) is 12.4 Å². The third-order valence-electron chi connectivity index (χ3n) is 3.96. The minimum atomic E-state index is -0.196. The lowest BCUT2D eigenvalue weighted by molar-refractivity contribution is -0.121. The van der Waals surface area contributed by atoms with Crippen LogP contribution in [0.4, 0.5) is 10.5 Å². The van der Waals surface area contributed by atoms with Crippen LogP contribution < -0.4 is 15.5 Å². The Balaban J connectivity index is 1.66. The predicted molar refractivity (Wildman–Crippen MR) is 103 cm³/mol. The normalized spacial score (nSPS) is 16.5. The van der Waals surface area contributed by atoms with Crippen LogP contribution in [0.5, 0.6) is 5.75 Å². The number of benzene rings is 2. The van der Waals surface area contributed by atoms with Gasteiger partial charge >= 0.3 is 0 Å². The van der Waals surface area contributed by atoms with Gasteiger partial charge in [0.25, 0.3) is 5.24 Å². The molecule has 26 heavy (non-hydrogen) atoms. The molecule has 1 heterocycles. The number of carbonyl (C=O) groups excluding carboxylic acids is 2. The number of nitrogens with zero attached hydrogens (tertiary/aromatic N) is 1. The van der Waals surface area contributed by atoms with Gasteiger partial charge in [-0.2, -0.15) is 5.10 Å². The highest BCUT2D eigenvalue weighted by Gasteiger charge is 2.21. The average Bonchev–Trinajstić information content (AvgIpc) is 2.63. The largest absolute Gasteiger partial charge is 0.496 e. The van der Waals surface area contributed by atoms with Gasteiger partial charge in [-0.3, -0.25) is 9.59 Å². The van der Waals surface area contributed by atoms with Crippen LogP contribution in [0.3, 0.4) is 0 Å². The fourth-order valence-corrected chi connectivity index (χ4v) is 3.44. The first kappa shape index (κ1) is 18.0. The molecule has 0 aliphatic carbocycles. The van der Waals surface area contributed by atoms with Crippen molar-refractivity contribution in [3.8, 4) is 5.75 Å². The fraction of sp³-hybridized carbons (Fsp3) is 0.211. The van der Waals surface area contributed by atoms with E-state index >= 15 is 0 Å². The number of amides is 2. The van der Waals surface area contributed by atoms with Gasteiger partial charge in [-0.1, -0.05) is 31.2 Å². The molecular weight excluding hydrogens is 350 g/mol. The molecule has 2 aromatic carbocycles. The van der Waals surface area contributed by atoms with E-state index in [-0.39, 0.29) is 17.1 Å². The fourth-order valence-electron chi connectivity index (χ4n) is 2.67. The predicted octanol–water partition coefficient (Wildman–Crippen LogP) is 3.88. The molecule has 0 saturated heterocycles. The van der Waals surface area contributed by atoms with Crippen molar-refractivity contribution in [3.05, 3.63) is 54.1 Å². The minimum Gasteiger partial charge on any atom is -0.496 e. The van der Waals surface area contributed by atoms with Crippen molar-refractivity contribution in [2.24, 2.45) is 11.0 Å². The van der Waals surface area contributed by atoms with Crippen molar-refractivity contribution in [3.63, 3.8) is 0 Å². The summed E-state index contributed by atoms with van der Waals surface area (Å²) < 4.78 is 5.25. The van der Waals surface area contributed by atoms with Crippen LogP contribution in [0.25, 0.3) is 0 Å². The number of hydrogen-bond donors (Lipinski definition) is 2. The smallest absolute Gasteiger partial charge is 0.288 e. The number of ether oxygens (including phenoxy) is 1. The molecule has 0 spiro atoms. The molecule has 3 rings (SSSR count). The SMILES string of the molecule is COc1ccccc1SC(=O)Nc1ccc(C2=NNC(=O)CC2C)cc1. The molecule has 0 saturated carbocycles. The van der Waals surface area contributed by atoms with Gasteiger partial charge in [-0.15, -0.1) is 0 Å². The summed E-state index contributed by atoms with van der Waals surface area (Å²) in [6.07, 6.45) is 0.423. The van der Waals surface area contributed by atoms with Crippen LogP contribution in [0.1, 0.15) is 18.9 Å². The Morgan fingerprint density at radius 2 is 1.96 bits per heavy atom. The van der Waals surface area contributed by atoms with E-state index in [2.05, 4.69) is 15.8 Å². The molecule has 2 amide bonds. The first-order chi connectivity index (χ1) is 12.6. The van der Waals surface area contributed by atoms with Gasteiger partial charge in [0.1, 0.15) is 5.75 Å². The summed E-state index contributed by atoms with van der Waals surface area (Å²) in [6, 6.07) is 14.8. The van der Waals surface area contributed by atoms with Gasteiger partial charge < -0.3 is 10.1 Å². The molecule has 1 unspecified atom stereocenters. The maximum atomic E-state index is 12.2. The molecule has 1 atom stereocenters. The van der Waals surface area contributed by atoms with Crippen LogP contribution in [-0.2, 0) is 4.79 Å². The van der Waals surface area contributed by atoms with Gasteiger partial charge in [0.2, 0.25) is 5.91 Å². The Kier molecular flexibility index (Phi) is 5.58. The number of hydrogen-bond acceptors (Lipinski definition) is 5. The molecule has 2 N–H and O–H groups in total. The molecule has 0 aromatic heterocycles. The zero-order chi connectivity index (χ0) is 18.5. The third kappa shape index (κ3) is 4.23. The van der Waals surface area contributed by atoms with Crippen molar-refractivity contribution >= 4 is 34.3 Å². The molecule has 1 aliphatic rings. The van der Waals surface area contributed by atoms with Crippen molar-refractivity contribution < 1.29 is 14.3 Å². The maximum Gasteiger partial charge on any atom is 0.288 e. The Morgan fingerprint density at radius 3 is 2.65 bits per heavy atom. The Labute approximate surface area is 156 Å². The molecule has 1 aliphatic heterocycles. The lowest BCUT2D eigenvalue weighted by Gasteiger charge is -2.19. The summed E-state index contributed by atoms with van der Waals surface area (Å²) in [5.74, 6) is 0.651. The summed E-state index contributed by atoms with van der Waals surface area (Å²) in [5.41, 5.74) is 4.96. The van der Waals surface area contributed by atoms with Crippen molar-refractivity contribution in [2.45, 2.75) is 18.2 Å². The first-order valence-electron chi connectivity index (χ1n) is 8.15. The van der Waals surface area contributed by atoms with E-state index < -0.39 is 0 Å². The zero-order valence-corrected chi connectivity index (χ0v) is 15.3. The van der Waals surface area contributed by atoms with Gasteiger partial charge in [0.05, 0.1) is 17.7 Å². The Bertz CT molecular complexity index is 849. The van der Waals surface area contributed by atoms with Crippen LogP contribution in [0, 0.1) is 5.92 Å². The highest BCUT2D eigenvalue weighted by molar-refractivity contribution is 8.14. The maximum absolute atomic E-state index is 12.2. The third-order valence-corrected chi connectivity index (χ3v) is 4.80. The summed E-state index contributed by atoms with van der Waals surface area (Å²) in [5, 5.41) is 6.79. The summed E-state index contributed by atoms with van der Waals surface area (Å²) in [6.45, 7) is 1.97. The van der Waals surface area contributed by atoms with E-state index in [9.17, 15) is 9.59 Å². The lowest BCUT2D eigenvalue weighted by atomic mass is 9.94. The topological polar surface area (TPSA) is 79.8 Å². The van der Waals surface area contributed by atoms with Gasteiger partial charge in [-0.05, 0) is 41.6 Å². The quantitative estimate of drug-likeness (QED) is 0.802. The van der Waals surface area contributed by atoms with Crippen LogP contribution >= 0.6 is 11.8 Å². The molecule has 2 aromatic rings. The van der Waals surface area contributed by atoms with Crippen molar-refractivity contribution in [1.82, 2.24) is 5.43 Å². The van der Waals surface area contributed by atoms with E-state index in [0.29, 0.717) is 17.9 Å². The van der Waals surface area contributed by atoms with E-state index in [4.69, 9.17) is 4.74 Å². The number of hydrazone groups is 1. The highest BCUT2D eigenvalue weighted by Crippen LogP contribution is 2.30. The van der Waals surface area contributed by atoms with Gasteiger partial charge in [0, 0.05) is 18.0 Å². The van der Waals surface area contributed by atoms with Gasteiger partial charge in [0.15, 0.2) is 0 Å². The summed E-state index contributed by atoms with van der Waals surface area (Å²) in [4.78, 5) is 24.3. The second-order valence-corrected chi connectivity index (χ2v) is 6.89. The molecular formula is C19H19N3O3S. The van der Waals surface area contributed by atoms with E-state index in [1.165, 1.54) is 0 Å².